The third kappa shape index (κ3) is 3.12. The largest absolute Gasteiger partial charge is 0.340 e. The second kappa shape index (κ2) is 5.30. The zero-order valence-electron chi connectivity index (χ0n) is 12.2. The molecule has 1 aromatic carbocycles. The van der Waals surface area contributed by atoms with Crippen LogP contribution in [-0.2, 0) is 5.41 Å². The molecule has 0 saturated heterocycles. The number of nitrogens with zero attached hydrogens (tertiary/aromatic N) is 3. The summed E-state index contributed by atoms with van der Waals surface area (Å²) in [4.78, 5) is 8.01. The van der Waals surface area contributed by atoms with Crippen LogP contribution in [0.2, 0.25) is 0 Å². The molecule has 0 unspecified atom stereocenters. The monoisotopic (exact) mass is 266 g/mol. The van der Waals surface area contributed by atoms with Crippen molar-refractivity contribution < 1.29 is 0 Å². The van der Waals surface area contributed by atoms with Crippen molar-refractivity contribution >= 4 is 11.5 Å². The normalized spacial score (nSPS) is 10.9. The van der Waals surface area contributed by atoms with Gasteiger partial charge in [0.15, 0.2) is 0 Å². The minimum Gasteiger partial charge on any atom is -0.340 e. The molecule has 102 valence electrons. The number of hydrogen-bond donors (Lipinski definition) is 1. The van der Waals surface area contributed by atoms with Gasteiger partial charge in [-0.3, -0.25) is 0 Å². The predicted molar refractivity (Wildman–Crippen MR) is 79.9 cm³/mol. The molecule has 4 nitrogen and oxygen atoms in total. The minimum absolute atomic E-state index is 0.0909. The molecule has 1 heterocycles. The van der Waals surface area contributed by atoms with E-state index in [0.717, 1.165) is 11.3 Å². The Morgan fingerprint density at radius 1 is 1.15 bits per heavy atom. The molecule has 1 aromatic heterocycles. The lowest BCUT2D eigenvalue weighted by Gasteiger charge is -2.21. The van der Waals surface area contributed by atoms with Gasteiger partial charge in [0.1, 0.15) is 23.9 Å². The first-order chi connectivity index (χ1) is 9.40. The molecule has 0 radical (unpaired) electrons. The van der Waals surface area contributed by atoms with Crippen molar-refractivity contribution in [2.45, 2.75) is 33.1 Å². The Kier molecular flexibility index (Phi) is 3.71. The van der Waals surface area contributed by atoms with Crippen LogP contribution < -0.4 is 5.32 Å². The second-order valence-electron chi connectivity index (χ2n) is 5.80. The van der Waals surface area contributed by atoms with E-state index in [0.29, 0.717) is 11.5 Å². The average Bonchev–Trinajstić information content (AvgIpc) is 2.40. The zero-order chi connectivity index (χ0) is 14.8. The van der Waals surface area contributed by atoms with E-state index in [1.54, 1.807) is 6.07 Å². The van der Waals surface area contributed by atoms with E-state index in [-0.39, 0.29) is 5.41 Å². The Labute approximate surface area is 119 Å². The highest BCUT2D eigenvalue weighted by atomic mass is 15.0. The number of aromatic nitrogens is 2. The quantitative estimate of drug-likeness (QED) is 0.900. The molecule has 0 atom stereocenters. The van der Waals surface area contributed by atoms with Crippen molar-refractivity contribution in [2.24, 2.45) is 0 Å². The molecule has 20 heavy (non-hydrogen) atoms. The molecular formula is C16H18N4. The van der Waals surface area contributed by atoms with Gasteiger partial charge in [-0.25, -0.2) is 9.97 Å². The fraction of sp³-hybridized carbons (Fsp3) is 0.312. The first kappa shape index (κ1) is 14.0. The summed E-state index contributed by atoms with van der Waals surface area (Å²) in [5.41, 5.74) is 3.83. The first-order valence-electron chi connectivity index (χ1n) is 6.50. The number of anilines is 2. The number of benzene rings is 1. The zero-order valence-corrected chi connectivity index (χ0v) is 12.2. The summed E-state index contributed by atoms with van der Waals surface area (Å²) in [6, 6.07) is 10.0. The molecule has 0 amide bonds. The van der Waals surface area contributed by atoms with Gasteiger partial charge in [0.2, 0.25) is 0 Å². The van der Waals surface area contributed by atoms with Crippen LogP contribution in [0.25, 0.3) is 0 Å². The Hall–Kier alpha value is -2.41. The summed E-state index contributed by atoms with van der Waals surface area (Å²) >= 11 is 0. The smallest absolute Gasteiger partial charge is 0.145 e. The van der Waals surface area contributed by atoms with Gasteiger partial charge in [0.25, 0.3) is 0 Å². The van der Waals surface area contributed by atoms with E-state index in [1.165, 1.54) is 11.9 Å². The van der Waals surface area contributed by atoms with E-state index in [9.17, 15) is 0 Å². The summed E-state index contributed by atoms with van der Waals surface area (Å²) in [7, 11) is 0. The van der Waals surface area contributed by atoms with Gasteiger partial charge in [-0.2, -0.15) is 5.26 Å². The van der Waals surface area contributed by atoms with Crippen molar-refractivity contribution in [3.63, 3.8) is 0 Å². The first-order valence-corrected chi connectivity index (χ1v) is 6.50. The number of nitrogens with one attached hydrogen (secondary N) is 1. The van der Waals surface area contributed by atoms with Crippen molar-refractivity contribution in [2.75, 3.05) is 5.32 Å². The van der Waals surface area contributed by atoms with Gasteiger partial charge in [-0.1, -0.05) is 32.9 Å². The van der Waals surface area contributed by atoms with Gasteiger partial charge >= 0.3 is 0 Å². The van der Waals surface area contributed by atoms with Crippen molar-refractivity contribution in [3.05, 3.63) is 47.4 Å². The van der Waals surface area contributed by atoms with E-state index >= 15 is 0 Å². The fourth-order valence-electron chi connectivity index (χ4n) is 1.85. The second-order valence-corrected chi connectivity index (χ2v) is 5.80. The maximum absolute atomic E-state index is 8.87. The molecule has 0 saturated carbocycles. The molecule has 2 rings (SSSR count). The van der Waals surface area contributed by atoms with Crippen LogP contribution in [0.4, 0.5) is 11.5 Å². The number of nitriles is 1. The van der Waals surface area contributed by atoms with Crippen molar-refractivity contribution in [1.82, 2.24) is 9.97 Å². The fourth-order valence-corrected chi connectivity index (χ4v) is 1.85. The molecule has 2 aromatic rings. The molecule has 1 N–H and O–H groups in total. The van der Waals surface area contributed by atoms with Gasteiger partial charge in [0.05, 0.1) is 0 Å². The van der Waals surface area contributed by atoms with Crippen LogP contribution in [0.1, 0.15) is 37.6 Å². The standard InChI is InChI=1S/C16H18N4/c1-11-5-6-12(16(2,3)4)7-14(11)20-15-8-13(9-17)18-10-19-15/h5-8,10H,1-4H3,(H,18,19,20). The van der Waals surface area contributed by atoms with E-state index < -0.39 is 0 Å². The highest BCUT2D eigenvalue weighted by Gasteiger charge is 2.14. The summed E-state index contributed by atoms with van der Waals surface area (Å²) in [5, 5.41) is 12.1. The molecule has 4 heteroatoms. The molecular weight excluding hydrogens is 248 g/mol. The summed E-state index contributed by atoms with van der Waals surface area (Å²) in [6.45, 7) is 8.58. The summed E-state index contributed by atoms with van der Waals surface area (Å²) in [5.74, 6) is 0.630. The molecule has 0 spiro atoms. The van der Waals surface area contributed by atoms with Gasteiger partial charge in [-0.05, 0) is 29.5 Å². The lowest BCUT2D eigenvalue weighted by atomic mass is 9.86. The van der Waals surface area contributed by atoms with E-state index in [1.807, 2.05) is 13.0 Å². The Morgan fingerprint density at radius 2 is 1.90 bits per heavy atom. The third-order valence-corrected chi connectivity index (χ3v) is 3.15. The number of aryl methyl sites for hydroxylation is 1. The molecule has 0 bridgehead atoms. The Balaban J connectivity index is 2.35. The van der Waals surface area contributed by atoms with Crippen LogP contribution in [0.15, 0.2) is 30.6 Å². The number of hydrogen-bond acceptors (Lipinski definition) is 4. The molecule has 0 aliphatic heterocycles. The SMILES string of the molecule is Cc1ccc(C(C)(C)C)cc1Nc1cc(C#N)ncn1. The van der Waals surface area contributed by atoms with Crippen LogP contribution >= 0.6 is 0 Å². The Morgan fingerprint density at radius 3 is 2.55 bits per heavy atom. The summed E-state index contributed by atoms with van der Waals surface area (Å²) in [6.07, 6.45) is 1.39. The van der Waals surface area contributed by atoms with Crippen molar-refractivity contribution in [3.8, 4) is 6.07 Å². The maximum atomic E-state index is 8.87. The maximum Gasteiger partial charge on any atom is 0.145 e. The summed E-state index contributed by atoms with van der Waals surface area (Å²) < 4.78 is 0. The average molecular weight is 266 g/mol. The molecule has 0 aliphatic carbocycles. The topological polar surface area (TPSA) is 61.6 Å². The van der Waals surface area contributed by atoms with Gasteiger partial charge in [-0.15, -0.1) is 0 Å². The molecule has 0 fully saturated rings. The van der Waals surface area contributed by atoms with E-state index in [4.69, 9.17) is 5.26 Å². The van der Waals surface area contributed by atoms with Gasteiger partial charge < -0.3 is 5.32 Å². The lowest BCUT2D eigenvalue weighted by Crippen LogP contribution is -2.11. The van der Waals surface area contributed by atoms with Crippen LogP contribution in [0.3, 0.4) is 0 Å². The van der Waals surface area contributed by atoms with Crippen LogP contribution in [-0.4, -0.2) is 9.97 Å². The highest BCUT2D eigenvalue weighted by Crippen LogP contribution is 2.28. The Bertz CT molecular complexity index is 663. The minimum atomic E-state index is 0.0909. The molecule has 0 aliphatic rings. The van der Waals surface area contributed by atoms with Crippen molar-refractivity contribution in [1.29, 1.82) is 5.26 Å². The highest BCUT2D eigenvalue weighted by molar-refractivity contribution is 5.62. The third-order valence-electron chi connectivity index (χ3n) is 3.15. The predicted octanol–water partition coefficient (Wildman–Crippen LogP) is 3.70. The number of rotatable bonds is 2. The lowest BCUT2D eigenvalue weighted by molar-refractivity contribution is 0.590. The van der Waals surface area contributed by atoms with Gasteiger partial charge in [0, 0.05) is 11.8 Å². The van der Waals surface area contributed by atoms with Crippen LogP contribution in [0.5, 0.6) is 0 Å². The van der Waals surface area contributed by atoms with E-state index in [2.05, 4.69) is 54.3 Å². The van der Waals surface area contributed by atoms with Crippen LogP contribution in [0, 0.1) is 18.3 Å².